The van der Waals surface area contributed by atoms with Crippen LogP contribution in [-0.2, 0) is 0 Å². The molecular weight excluding hydrogens is 271 g/mol. The number of rotatable bonds is 2. The number of nitrogens with two attached hydrogens (primary N) is 1. The van der Waals surface area contributed by atoms with E-state index < -0.39 is 17.5 Å². The number of carbonyl (C=O) groups excluding carboxylic acids is 1. The van der Waals surface area contributed by atoms with Crippen LogP contribution in [0.2, 0.25) is 0 Å². The first-order chi connectivity index (χ1) is 10.1. The highest BCUT2D eigenvalue weighted by atomic mass is 19.1. The molecule has 2 rings (SSSR count). The van der Waals surface area contributed by atoms with Crippen LogP contribution in [0.15, 0.2) is 42.5 Å². The Balaban J connectivity index is 2.16. The molecule has 0 atom stereocenters. The monoisotopic (exact) mass is 284 g/mol. The summed E-state index contributed by atoms with van der Waals surface area (Å²) in [7, 11) is 0. The van der Waals surface area contributed by atoms with E-state index in [1.54, 1.807) is 24.3 Å². The topological polar surface area (TPSA) is 75.3 Å². The average Bonchev–Trinajstić information content (AvgIpc) is 2.46. The van der Waals surface area contributed by atoms with Crippen LogP contribution in [0.4, 0.5) is 10.1 Å². The summed E-state index contributed by atoms with van der Waals surface area (Å²) in [6, 6.07) is 10.4. The number of hydrogen-bond donors (Lipinski definition) is 3. The van der Waals surface area contributed by atoms with E-state index in [0.29, 0.717) is 5.69 Å². The Morgan fingerprint density at radius 2 is 1.95 bits per heavy atom. The number of amides is 1. The Labute approximate surface area is 121 Å². The van der Waals surface area contributed by atoms with Gasteiger partial charge in [-0.2, -0.15) is 0 Å². The van der Waals surface area contributed by atoms with Crippen LogP contribution < -0.4 is 11.1 Å². The predicted octanol–water partition coefficient (Wildman–Crippen LogP) is 2.09. The van der Waals surface area contributed by atoms with Crippen LogP contribution in [0.5, 0.6) is 5.75 Å². The number of anilines is 1. The molecule has 0 aliphatic carbocycles. The fourth-order valence-electron chi connectivity index (χ4n) is 1.72. The average molecular weight is 284 g/mol. The van der Waals surface area contributed by atoms with Gasteiger partial charge in [0.2, 0.25) is 0 Å². The molecule has 0 aliphatic rings. The van der Waals surface area contributed by atoms with E-state index in [9.17, 15) is 14.3 Å². The molecule has 0 bridgehead atoms. The number of halogens is 1. The third-order valence-corrected chi connectivity index (χ3v) is 2.70. The Bertz CT molecular complexity index is 695. The maximum atomic E-state index is 13.6. The van der Waals surface area contributed by atoms with Crippen LogP contribution in [0.1, 0.15) is 15.9 Å². The molecule has 0 unspecified atom stereocenters. The highest BCUT2D eigenvalue weighted by Gasteiger charge is 2.16. The van der Waals surface area contributed by atoms with Gasteiger partial charge in [-0.15, -0.1) is 0 Å². The van der Waals surface area contributed by atoms with Gasteiger partial charge in [-0.05, 0) is 36.4 Å². The number of aromatic hydroxyl groups is 1. The van der Waals surface area contributed by atoms with Crippen LogP contribution in [0, 0.1) is 17.7 Å². The van der Waals surface area contributed by atoms with Crippen molar-refractivity contribution in [3.05, 3.63) is 59.4 Å². The van der Waals surface area contributed by atoms with E-state index in [0.717, 1.165) is 11.6 Å². The lowest BCUT2D eigenvalue weighted by Gasteiger charge is -2.07. The van der Waals surface area contributed by atoms with Crippen molar-refractivity contribution in [3.63, 3.8) is 0 Å². The Hall–Kier alpha value is -2.84. The maximum absolute atomic E-state index is 13.6. The largest absolute Gasteiger partial charge is 0.507 e. The molecule has 0 spiro atoms. The second kappa shape index (κ2) is 6.55. The molecule has 0 saturated carbocycles. The lowest BCUT2D eigenvalue weighted by atomic mass is 10.1. The number of benzene rings is 2. The van der Waals surface area contributed by atoms with E-state index in [1.165, 1.54) is 12.1 Å². The summed E-state index contributed by atoms with van der Waals surface area (Å²) in [5.41, 5.74) is 6.12. The van der Waals surface area contributed by atoms with Gasteiger partial charge in [0.15, 0.2) is 0 Å². The molecule has 0 heterocycles. The normalized spacial score (nSPS) is 9.62. The van der Waals surface area contributed by atoms with Gasteiger partial charge in [0.25, 0.3) is 5.91 Å². The molecular formula is C16H13FN2O2. The predicted molar refractivity (Wildman–Crippen MR) is 78.4 cm³/mol. The molecule has 5 heteroatoms. The SMILES string of the molecule is NCC#Cc1ccc(NC(=O)c2c(O)cccc2F)cc1. The second-order valence-corrected chi connectivity index (χ2v) is 4.17. The maximum Gasteiger partial charge on any atom is 0.262 e. The summed E-state index contributed by atoms with van der Waals surface area (Å²) in [4.78, 5) is 12.0. The van der Waals surface area contributed by atoms with E-state index in [2.05, 4.69) is 17.2 Å². The number of carbonyl (C=O) groups is 1. The zero-order valence-electron chi connectivity index (χ0n) is 11.1. The summed E-state index contributed by atoms with van der Waals surface area (Å²) in [5, 5.41) is 12.1. The molecule has 2 aromatic rings. The number of nitrogens with one attached hydrogen (secondary N) is 1. The van der Waals surface area contributed by atoms with Gasteiger partial charge in [-0.3, -0.25) is 4.79 Å². The van der Waals surface area contributed by atoms with E-state index in [-0.39, 0.29) is 12.1 Å². The standard InChI is InChI=1S/C16H13FN2O2/c17-13-4-1-5-14(20)15(13)16(21)19-12-8-6-11(7-9-12)3-2-10-18/h1,4-9,20H,10,18H2,(H,19,21). The van der Waals surface area contributed by atoms with Gasteiger partial charge in [0, 0.05) is 11.3 Å². The lowest BCUT2D eigenvalue weighted by molar-refractivity contribution is 0.102. The van der Waals surface area contributed by atoms with Gasteiger partial charge >= 0.3 is 0 Å². The molecule has 0 aromatic heterocycles. The number of hydrogen-bond acceptors (Lipinski definition) is 3. The number of phenols is 1. The fourth-order valence-corrected chi connectivity index (χ4v) is 1.72. The third kappa shape index (κ3) is 3.59. The zero-order valence-corrected chi connectivity index (χ0v) is 11.1. The molecule has 106 valence electrons. The quantitative estimate of drug-likeness (QED) is 0.739. The van der Waals surface area contributed by atoms with Crippen LogP contribution >= 0.6 is 0 Å². The highest BCUT2D eigenvalue weighted by molar-refractivity contribution is 6.06. The smallest absolute Gasteiger partial charge is 0.262 e. The Kier molecular flexibility index (Phi) is 4.54. The molecule has 4 nitrogen and oxygen atoms in total. The first-order valence-corrected chi connectivity index (χ1v) is 6.19. The summed E-state index contributed by atoms with van der Waals surface area (Å²) >= 11 is 0. The van der Waals surface area contributed by atoms with Crippen molar-refractivity contribution in [2.24, 2.45) is 5.73 Å². The summed E-state index contributed by atoms with van der Waals surface area (Å²) in [6.07, 6.45) is 0. The van der Waals surface area contributed by atoms with Crippen LogP contribution in [0.3, 0.4) is 0 Å². The first kappa shape index (κ1) is 14.6. The first-order valence-electron chi connectivity index (χ1n) is 6.19. The Morgan fingerprint density at radius 1 is 1.24 bits per heavy atom. The highest BCUT2D eigenvalue weighted by Crippen LogP contribution is 2.21. The van der Waals surface area contributed by atoms with Crippen molar-refractivity contribution in [3.8, 4) is 17.6 Å². The molecule has 1 amide bonds. The molecule has 2 aromatic carbocycles. The minimum absolute atomic E-state index is 0.269. The molecule has 21 heavy (non-hydrogen) atoms. The van der Waals surface area contributed by atoms with Gasteiger partial charge in [-0.1, -0.05) is 17.9 Å². The third-order valence-electron chi connectivity index (χ3n) is 2.70. The van der Waals surface area contributed by atoms with Crippen LogP contribution in [-0.4, -0.2) is 17.6 Å². The van der Waals surface area contributed by atoms with Crippen molar-refractivity contribution in [2.45, 2.75) is 0 Å². The van der Waals surface area contributed by atoms with Gasteiger partial charge in [0.1, 0.15) is 17.1 Å². The summed E-state index contributed by atoms with van der Waals surface area (Å²) < 4.78 is 13.6. The van der Waals surface area contributed by atoms with E-state index in [4.69, 9.17) is 5.73 Å². The molecule has 0 radical (unpaired) electrons. The minimum atomic E-state index is -0.780. The van der Waals surface area contributed by atoms with Crippen molar-refractivity contribution in [2.75, 3.05) is 11.9 Å². The molecule has 4 N–H and O–H groups in total. The fraction of sp³-hybridized carbons (Fsp3) is 0.0625. The van der Waals surface area contributed by atoms with Gasteiger partial charge in [0.05, 0.1) is 6.54 Å². The zero-order chi connectivity index (χ0) is 15.2. The molecule has 0 saturated heterocycles. The number of phenolic OH excluding ortho intramolecular Hbond substituents is 1. The van der Waals surface area contributed by atoms with Crippen molar-refractivity contribution in [1.29, 1.82) is 0 Å². The Morgan fingerprint density at radius 3 is 2.57 bits per heavy atom. The van der Waals surface area contributed by atoms with E-state index in [1.807, 2.05) is 0 Å². The lowest BCUT2D eigenvalue weighted by Crippen LogP contribution is -2.13. The van der Waals surface area contributed by atoms with Crippen LogP contribution in [0.25, 0.3) is 0 Å². The minimum Gasteiger partial charge on any atom is -0.507 e. The molecule has 0 aliphatic heterocycles. The summed E-state index contributed by atoms with van der Waals surface area (Å²) in [5.74, 6) is 3.66. The molecule has 0 fully saturated rings. The van der Waals surface area contributed by atoms with Crippen molar-refractivity contribution >= 4 is 11.6 Å². The van der Waals surface area contributed by atoms with Gasteiger partial charge in [-0.25, -0.2) is 4.39 Å². The van der Waals surface area contributed by atoms with Gasteiger partial charge < -0.3 is 16.2 Å². The second-order valence-electron chi connectivity index (χ2n) is 4.17. The van der Waals surface area contributed by atoms with E-state index >= 15 is 0 Å². The van der Waals surface area contributed by atoms with Crippen molar-refractivity contribution < 1.29 is 14.3 Å². The van der Waals surface area contributed by atoms with Crippen molar-refractivity contribution in [1.82, 2.24) is 0 Å². The summed E-state index contributed by atoms with van der Waals surface area (Å²) in [6.45, 7) is 0.269.